The topological polar surface area (TPSA) is 31.2 Å². The van der Waals surface area contributed by atoms with Crippen molar-refractivity contribution in [1.29, 1.82) is 0 Å². The molecule has 0 N–H and O–H groups in total. The molecule has 0 atom stereocenters. The van der Waals surface area contributed by atoms with Gasteiger partial charge in [-0.25, -0.2) is 0 Å². The Bertz CT molecular complexity index is 805. The number of hydrazone groups is 2. The van der Waals surface area contributed by atoms with Gasteiger partial charge in [-0.2, -0.15) is 10.2 Å². The van der Waals surface area contributed by atoms with Gasteiger partial charge in [0.2, 0.25) is 0 Å². The van der Waals surface area contributed by atoms with E-state index in [1.54, 1.807) is 0 Å². The molecule has 4 heteroatoms. The van der Waals surface area contributed by atoms with Crippen molar-refractivity contribution in [3.63, 3.8) is 0 Å². The summed E-state index contributed by atoms with van der Waals surface area (Å²) in [7, 11) is 3.93. The van der Waals surface area contributed by atoms with Crippen molar-refractivity contribution < 1.29 is 0 Å². The molecule has 0 amide bonds. The van der Waals surface area contributed by atoms with E-state index in [1.165, 1.54) is 0 Å². The molecule has 0 radical (unpaired) electrons. The van der Waals surface area contributed by atoms with Gasteiger partial charge < -0.3 is 0 Å². The van der Waals surface area contributed by atoms with E-state index in [0.717, 1.165) is 16.7 Å². The lowest BCUT2D eigenvalue weighted by Gasteiger charge is -2.32. The fourth-order valence-corrected chi connectivity index (χ4v) is 2.82. The van der Waals surface area contributed by atoms with Crippen molar-refractivity contribution in [3.8, 4) is 0 Å². The highest BCUT2D eigenvalue weighted by atomic mass is 15.6. The van der Waals surface area contributed by atoms with Gasteiger partial charge in [0.1, 0.15) is 0 Å². The van der Waals surface area contributed by atoms with E-state index in [2.05, 4.69) is 22.3 Å². The number of nitrogens with zero attached hydrogens (tertiary/aromatic N) is 4. The molecule has 3 rings (SSSR count). The van der Waals surface area contributed by atoms with Gasteiger partial charge >= 0.3 is 0 Å². The van der Waals surface area contributed by atoms with Crippen molar-refractivity contribution >= 4 is 12.4 Å². The van der Waals surface area contributed by atoms with Gasteiger partial charge in [0, 0.05) is 14.1 Å². The third-order valence-electron chi connectivity index (χ3n) is 4.18. The summed E-state index contributed by atoms with van der Waals surface area (Å²) >= 11 is 0. The van der Waals surface area contributed by atoms with E-state index in [-0.39, 0.29) is 6.17 Å². The Morgan fingerprint density at radius 3 is 1.37 bits per heavy atom. The molecule has 0 aliphatic carbocycles. The Balaban J connectivity index is 1.82. The molecule has 0 spiro atoms. The van der Waals surface area contributed by atoms with Gasteiger partial charge in [-0.05, 0) is 16.7 Å². The van der Waals surface area contributed by atoms with Crippen LogP contribution in [-0.2, 0) is 0 Å². The van der Waals surface area contributed by atoms with E-state index in [4.69, 9.17) is 0 Å². The monoisotopic (exact) mass is 356 g/mol. The summed E-state index contributed by atoms with van der Waals surface area (Å²) in [4.78, 5) is 0. The number of hydrogen-bond acceptors (Lipinski definition) is 4. The van der Waals surface area contributed by atoms with Crippen LogP contribution in [0.5, 0.6) is 0 Å². The quantitative estimate of drug-likeness (QED) is 0.351. The van der Waals surface area contributed by atoms with Crippen LogP contribution in [0.15, 0.2) is 101 Å². The highest BCUT2D eigenvalue weighted by Gasteiger charge is 2.19. The normalized spacial score (nSPS) is 12.4. The maximum Gasteiger partial charge on any atom is 0.159 e. The zero-order valence-corrected chi connectivity index (χ0v) is 15.7. The standard InChI is InChI=1S/C23H24N4/c1-26(24-18-20-12-6-3-7-13-20)23(22-16-10-5-11-17-22)27(2)25-19-21-14-8-4-9-15-21/h3-19,23H,1-2H3. The average molecular weight is 356 g/mol. The van der Waals surface area contributed by atoms with Crippen molar-refractivity contribution in [1.82, 2.24) is 10.0 Å². The van der Waals surface area contributed by atoms with Crippen LogP contribution in [0.3, 0.4) is 0 Å². The van der Waals surface area contributed by atoms with E-state index in [0.29, 0.717) is 0 Å². The van der Waals surface area contributed by atoms with Crippen LogP contribution in [0.2, 0.25) is 0 Å². The first-order valence-corrected chi connectivity index (χ1v) is 8.93. The minimum atomic E-state index is -0.119. The van der Waals surface area contributed by atoms with Crippen LogP contribution >= 0.6 is 0 Å². The predicted octanol–water partition coefficient (Wildman–Crippen LogP) is 4.62. The zero-order chi connectivity index (χ0) is 18.9. The first kappa shape index (κ1) is 18.4. The molecule has 3 aromatic carbocycles. The highest BCUT2D eigenvalue weighted by molar-refractivity contribution is 5.79. The van der Waals surface area contributed by atoms with Gasteiger partial charge in [0.15, 0.2) is 6.17 Å². The lowest BCUT2D eigenvalue weighted by molar-refractivity contribution is 0.0897. The molecule has 0 aliphatic rings. The summed E-state index contributed by atoms with van der Waals surface area (Å²) < 4.78 is 0. The summed E-state index contributed by atoms with van der Waals surface area (Å²) in [5.41, 5.74) is 3.25. The Morgan fingerprint density at radius 2 is 0.963 bits per heavy atom. The minimum Gasteiger partial charge on any atom is -0.272 e. The van der Waals surface area contributed by atoms with E-state index in [9.17, 15) is 0 Å². The summed E-state index contributed by atoms with van der Waals surface area (Å²) in [6, 6.07) is 30.4. The third kappa shape index (κ3) is 5.28. The lowest BCUT2D eigenvalue weighted by Crippen LogP contribution is -2.31. The molecule has 0 saturated carbocycles. The predicted molar refractivity (Wildman–Crippen MR) is 113 cm³/mol. The lowest BCUT2D eigenvalue weighted by atomic mass is 10.1. The fourth-order valence-electron chi connectivity index (χ4n) is 2.82. The van der Waals surface area contributed by atoms with Crippen LogP contribution in [-0.4, -0.2) is 36.5 Å². The van der Waals surface area contributed by atoms with Gasteiger partial charge in [-0.3, -0.25) is 10.0 Å². The highest BCUT2D eigenvalue weighted by Crippen LogP contribution is 2.23. The summed E-state index contributed by atoms with van der Waals surface area (Å²) in [5.74, 6) is 0. The van der Waals surface area contributed by atoms with Crippen molar-refractivity contribution in [2.45, 2.75) is 6.17 Å². The van der Waals surface area contributed by atoms with Crippen molar-refractivity contribution in [3.05, 3.63) is 108 Å². The summed E-state index contributed by atoms with van der Waals surface area (Å²) in [6.45, 7) is 0. The minimum absolute atomic E-state index is 0.119. The van der Waals surface area contributed by atoms with Crippen LogP contribution in [0.4, 0.5) is 0 Å². The summed E-state index contributed by atoms with van der Waals surface area (Å²) in [6.07, 6.45) is 3.61. The van der Waals surface area contributed by atoms with Crippen LogP contribution in [0, 0.1) is 0 Å². The molecular weight excluding hydrogens is 332 g/mol. The molecule has 0 aromatic heterocycles. The SMILES string of the molecule is CN(N=Cc1ccccc1)C(c1ccccc1)N(C)N=Cc1ccccc1. The molecule has 0 unspecified atom stereocenters. The largest absolute Gasteiger partial charge is 0.272 e. The Kier molecular flexibility index (Phi) is 6.36. The maximum absolute atomic E-state index is 4.64. The first-order valence-electron chi connectivity index (χ1n) is 8.93. The molecule has 0 heterocycles. The van der Waals surface area contributed by atoms with Crippen molar-refractivity contribution in [2.24, 2.45) is 10.2 Å². The van der Waals surface area contributed by atoms with E-state index >= 15 is 0 Å². The molecule has 136 valence electrons. The molecule has 3 aromatic rings. The number of hydrogen-bond donors (Lipinski definition) is 0. The van der Waals surface area contributed by atoms with Gasteiger partial charge in [-0.1, -0.05) is 91.0 Å². The maximum atomic E-state index is 4.64. The van der Waals surface area contributed by atoms with E-state index < -0.39 is 0 Å². The molecule has 0 fully saturated rings. The smallest absolute Gasteiger partial charge is 0.159 e. The second-order valence-corrected chi connectivity index (χ2v) is 6.24. The Hall–Kier alpha value is -3.40. The van der Waals surface area contributed by atoms with Gasteiger partial charge in [0.05, 0.1) is 12.4 Å². The molecule has 0 saturated heterocycles. The number of benzene rings is 3. The van der Waals surface area contributed by atoms with Crippen LogP contribution < -0.4 is 0 Å². The van der Waals surface area contributed by atoms with Crippen molar-refractivity contribution in [2.75, 3.05) is 14.1 Å². The van der Waals surface area contributed by atoms with Gasteiger partial charge in [-0.15, -0.1) is 0 Å². The van der Waals surface area contributed by atoms with E-state index in [1.807, 2.05) is 115 Å². The average Bonchev–Trinajstić information content (AvgIpc) is 2.73. The molecule has 0 aliphatic heterocycles. The molecule has 4 nitrogen and oxygen atoms in total. The Labute approximate surface area is 161 Å². The van der Waals surface area contributed by atoms with Gasteiger partial charge in [0.25, 0.3) is 0 Å². The van der Waals surface area contributed by atoms with Crippen LogP contribution in [0.1, 0.15) is 22.9 Å². The summed E-state index contributed by atoms with van der Waals surface area (Å²) in [5, 5.41) is 13.1. The second-order valence-electron chi connectivity index (χ2n) is 6.24. The number of rotatable bonds is 7. The first-order chi connectivity index (χ1) is 13.2. The molecule has 0 bridgehead atoms. The molecule has 27 heavy (non-hydrogen) atoms. The third-order valence-corrected chi connectivity index (χ3v) is 4.18. The second kappa shape index (κ2) is 9.34. The molecular formula is C23H24N4. The van der Waals surface area contributed by atoms with Crippen LogP contribution in [0.25, 0.3) is 0 Å². The fraction of sp³-hybridized carbons (Fsp3) is 0.130. The zero-order valence-electron chi connectivity index (χ0n) is 15.7. The Morgan fingerprint density at radius 1 is 0.593 bits per heavy atom.